The van der Waals surface area contributed by atoms with Gasteiger partial charge in [-0.3, -0.25) is 4.79 Å². The molecule has 2 N–H and O–H groups in total. The Hall–Kier alpha value is -1.51. The molecular weight excluding hydrogens is 250 g/mol. The van der Waals surface area contributed by atoms with E-state index in [0.29, 0.717) is 0 Å². The number of amides is 1. The van der Waals surface area contributed by atoms with Crippen LogP contribution in [0.15, 0.2) is 12.1 Å². The van der Waals surface area contributed by atoms with Crippen molar-refractivity contribution in [3.8, 4) is 5.75 Å². The molecule has 110 valence electrons. The second kappa shape index (κ2) is 5.86. The van der Waals surface area contributed by atoms with Crippen molar-refractivity contribution in [2.24, 2.45) is 5.73 Å². The van der Waals surface area contributed by atoms with Crippen LogP contribution in [0, 0.1) is 13.8 Å². The number of benzene rings is 1. The third-order valence-corrected chi connectivity index (χ3v) is 4.75. The van der Waals surface area contributed by atoms with E-state index in [2.05, 4.69) is 6.07 Å². The fourth-order valence-corrected chi connectivity index (χ4v) is 3.64. The number of hydrogen-bond donors (Lipinski definition) is 1. The molecular formula is C17H25NO2. The lowest BCUT2D eigenvalue weighted by atomic mass is 9.71. The van der Waals surface area contributed by atoms with Crippen molar-refractivity contribution in [1.29, 1.82) is 0 Å². The highest BCUT2D eigenvalue weighted by atomic mass is 16.5. The van der Waals surface area contributed by atoms with Crippen molar-refractivity contribution in [2.45, 2.75) is 57.8 Å². The molecule has 0 bridgehead atoms. The Bertz CT molecular complexity index is 500. The number of primary amides is 1. The molecule has 20 heavy (non-hydrogen) atoms. The fraction of sp³-hybridized carbons (Fsp3) is 0.588. The minimum Gasteiger partial charge on any atom is -0.496 e. The van der Waals surface area contributed by atoms with Gasteiger partial charge in [-0.25, -0.2) is 0 Å². The van der Waals surface area contributed by atoms with Crippen molar-refractivity contribution in [3.05, 3.63) is 28.8 Å². The number of rotatable bonds is 3. The van der Waals surface area contributed by atoms with Gasteiger partial charge in [0.2, 0.25) is 5.91 Å². The normalized spacial score (nSPS) is 18.4. The number of carbonyl (C=O) groups excluding carboxylic acids is 1. The predicted molar refractivity (Wildman–Crippen MR) is 81.0 cm³/mol. The zero-order valence-corrected chi connectivity index (χ0v) is 12.8. The Kier molecular flexibility index (Phi) is 4.36. The molecule has 0 heterocycles. The van der Waals surface area contributed by atoms with Gasteiger partial charge < -0.3 is 10.5 Å². The number of carbonyl (C=O) groups is 1. The second-order valence-electron chi connectivity index (χ2n) is 5.95. The Morgan fingerprint density at radius 3 is 2.25 bits per heavy atom. The van der Waals surface area contributed by atoms with E-state index in [0.717, 1.165) is 48.1 Å². The molecule has 1 aliphatic carbocycles. The summed E-state index contributed by atoms with van der Waals surface area (Å²) in [5, 5.41) is 0. The van der Waals surface area contributed by atoms with Crippen molar-refractivity contribution in [1.82, 2.24) is 0 Å². The third-order valence-electron chi connectivity index (χ3n) is 4.75. The van der Waals surface area contributed by atoms with Gasteiger partial charge in [-0.15, -0.1) is 0 Å². The average Bonchev–Trinajstić information content (AvgIpc) is 2.66. The fourth-order valence-electron chi connectivity index (χ4n) is 3.64. The topological polar surface area (TPSA) is 52.3 Å². The zero-order chi connectivity index (χ0) is 14.8. The van der Waals surface area contributed by atoms with Gasteiger partial charge in [0, 0.05) is 0 Å². The second-order valence-corrected chi connectivity index (χ2v) is 5.95. The summed E-state index contributed by atoms with van der Waals surface area (Å²) in [6.45, 7) is 4.07. The van der Waals surface area contributed by atoms with Crippen LogP contribution in [-0.4, -0.2) is 13.0 Å². The molecule has 0 unspecified atom stereocenters. The van der Waals surface area contributed by atoms with Gasteiger partial charge >= 0.3 is 0 Å². The summed E-state index contributed by atoms with van der Waals surface area (Å²) in [5.74, 6) is 0.695. The van der Waals surface area contributed by atoms with E-state index in [4.69, 9.17) is 10.5 Å². The molecule has 0 saturated heterocycles. The van der Waals surface area contributed by atoms with Crippen LogP contribution in [0.4, 0.5) is 0 Å². The Labute approximate surface area is 121 Å². The van der Waals surface area contributed by atoms with Crippen molar-refractivity contribution < 1.29 is 9.53 Å². The summed E-state index contributed by atoms with van der Waals surface area (Å²) >= 11 is 0. The maximum atomic E-state index is 12.2. The molecule has 1 aromatic carbocycles. The molecule has 1 fully saturated rings. The predicted octanol–water partition coefficient (Wildman–Crippen LogP) is 3.39. The molecule has 0 radical (unpaired) electrons. The Balaban J connectivity index is 2.57. The van der Waals surface area contributed by atoms with Crippen LogP contribution in [0.3, 0.4) is 0 Å². The summed E-state index contributed by atoms with van der Waals surface area (Å²) in [5.41, 5.74) is 8.54. The third kappa shape index (κ3) is 2.41. The van der Waals surface area contributed by atoms with Gasteiger partial charge in [-0.1, -0.05) is 37.8 Å². The van der Waals surface area contributed by atoms with Gasteiger partial charge in [0.25, 0.3) is 0 Å². The monoisotopic (exact) mass is 275 g/mol. The molecule has 0 aromatic heterocycles. The molecule has 3 heteroatoms. The average molecular weight is 275 g/mol. The van der Waals surface area contributed by atoms with E-state index in [-0.39, 0.29) is 5.91 Å². The van der Waals surface area contributed by atoms with Crippen LogP contribution in [-0.2, 0) is 10.2 Å². The summed E-state index contributed by atoms with van der Waals surface area (Å²) in [6.07, 6.45) is 6.23. The van der Waals surface area contributed by atoms with E-state index >= 15 is 0 Å². The standard InChI is InChI=1S/C17H25NO2/c1-12-8-9-14(13(2)15(12)20-3)17(16(18)19)10-6-4-5-7-11-17/h8-9H,4-7,10-11H2,1-3H3,(H2,18,19). The summed E-state index contributed by atoms with van der Waals surface area (Å²) in [4.78, 5) is 12.2. The molecule has 0 atom stereocenters. The quantitative estimate of drug-likeness (QED) is 0.860. The number of hydrogen-bond acceptors (Lipinski definition) is 2. The lowest BCUT2D eigenvalue weighted by Gasteiger charge is -2.32. The van der Waals surface area contributed by atoms with Crippen LogP contribution in [0.5, 0.6) is 5.75 Å². The highest BCUT2D eigenvalue weighted by Crippen LogP contribution is 2.42. The van der Waals surface area contributed by atoms with E-state index in [1.807, 2.05) is 19.9 Å². The highest BCUT2D eigenvalue weighted by molar-refractivity contribution is 5.87. The van der Waals surface area contributed by atoms with Gasteiger partial charge in [0.05, 0.1) is 12.5 Å². The minimum atomic E-state index is -0.512. The van der Waals surface area contributed by atoms with E-state index in [1.165, 1.54) is 12.8 Å². The minimum absolute atomic E-state index is 0.187. The Morgan fingerprint density at radius 1 is 1.15 bits per heavy atom. The SMILES string of the molecule is COc1c(C)ccc(C2(C(N)=O)CCCCCC2)c1C. The molecule has 3 nitrogen and oxygen atoms in total. The van der Waals surface area contributed by atoms with Gasteiger partial charge in [0.15, 0.2) is 0 Å². The lowest BCUT2D eigenvalue weighted by molar-refractivity contribution is -0.124. The van der Waals surface area contributed by atoms with E-state index in [1.54, 1.807) is 7.11 Å². The highest BCUT2D eigenvalue weighted by Gasteiger charge is 2.40. The van der Waals surface area contributed by atoms with Crippen LogP contribution in [0.2, 0.25) is 0 Å². The van der Waals surface area contributed by atoms with Gasteiger partial charge in [0.1, 0.15) is 5.75 Å². The Morgan fingerprint density at radius 2 is 1.75 bits per heavy atom. The van der Waals surface area contributed by atoms with E-state index < -0.39 is 5.41 Å². The number of nitrogens with two attached hydrogens (primary N) is 1. The summed E-state index contributed by atoms with van der Waals surface area (Å²) in [6, 6.07) is 4.11. The van der Waals surface area contributed by atoms with Gasteiger partial charge in [-0.05, 0) is 43.4 Å². The van der Waals surface area contributed by atoms with E-state index in [9.17, 15) is 4.79 Å². The maximum absolute atomic E-state index is 12.2. The molecule has 1 amide bonds. The molecule has 1 saturated carbocycles. The van der Waals surface area contributed by atoms with Crippen molar-refractivity contribution in [2.75, 3.05) is 7.11 Å². The van der Waals surface area contributed by atoms with Crippen LogP contribution < -0.4 is 10.5 Å². The maximum Gasteiger partial charge on any atom is 0.228 e. The van der Waals surface area contributed by atoms with Crippen LogP contribution >= 0.6 is 0 Å². The smallest absolute Gasteiger partial charge is 0.228 e. The first kappa shape index (κ1) is 14.9. The molecule has 2 rings (SSSR count). The summed E-state index contributed by atoms with van der Waals surface area (Å²) < 4.78 is 5.51. The first-order chi connectivity index (χ1) is 9.53. The van der Waals surface area contributed by atoms with Gasteiger partial charge in [-0.2, -0.15) is 0 Å². The van der Waals surface area contributed by atoms with Crippen molar-refractivity contribution >= 4 is 5.91 Å². The number of methoxy groups -OCH3 is 1. The molecule has 0 spiro atoms. The largest absolute Gasteiger partial charge is 0.496 e. The lowest BCUT2D eigenvalue weighted by Crippen LogP contribution is -2.41. The molecule has 1 aromatic rings. The summed E-state index contributed by atoms with van der Waals surface area (Å²) in [7, 11) is 1.68. The number of ether oxygens (including phenoxy) is 1. The molecule has 1 aliphatic rings. The van der Waals surface area contributed by atoms with Crippen LogP contribution in [0.1, 0.15) is 55.2 Å². The first-order valence-electron chi connectivity index (χ1n) is 7.47. The first-order valence-corrected chi connectivity index (χ1v) is 7.47. The molecule has 0 aliphatic heterocycles. The van der Waals surface area contributed by atoms with Crippen LogP contribution in [0.25, 0.3) is 0 Å². The van der Waals surface area contributed by atoms with Crippen molar-refractivity contribution in [3.63, 3.8) is 0 Å². The zero-order valence-electron chi connectivity index (χ0n) is 12.8. The number of aryl methyl sites for hydroxylation is 1.